The van der Waals surface area contributed by atoms with E-state index in [2.05, 4.69) is 0 Å². The van der Waals surface area contributed by atoms with Gasteiger partial charge in [0.15, 0.2) is 0 Å². The third-order valence-electron chi connectivity index (χ3n) is 5.82. The van der Waals surface area contributed by atoms with Gasteiger partial charge in [0.2, 0.25) is 11.8 Å². The molecule has 3 rings (SSSR count). The number of amides is 2. The molecule has 0 bridgehead atoms. The standard InChI is InChI=1S/C24H31FN2O3S/c1-5-17(4)27(24(29)16(2)3)14-23(28)26-11-9-22-20(10-12-31-22)21(26)15-30-19-8-6-7-18(25)13-19/h6-8,10,12-13,16-17,21H,5,9,11,14-15H2,1-4H3/t17-,21-/m0/s1. The first-order valence-electron chi connectivity index (χ1n) is 10.9. The first-order valence-corrected chi connectivity index (χ1v) is 11.7. The molecule has 0 radical (unpaired) electrons. The van der Waals surface area contributed by atoms with Gasteiger partial charge in [0.25, 0.3) is 0 Å². The molecule has 0 N–H and O–H groups in total. The van der Waals surface area contributed by atoms with Crippen LogP contribution in [0.2, 0.25) is 0 Å². The lowest BCUT2D eigenvalue weighted by Crippen LogP contribution is -2.50. The SMILES string of the molecule is CC[C@H](C)N(CC(=O)N1CCc2sccc2[C@@H]1COc1cccc(F)c1)C(=O)C(C)C. The molecule has 1 aliphatic heterocycles. The molecule has 2 amide bonds. The minimum absolute atomic E-state index is 0.0107. The van der Waals surface area contributed by atoms with Crippen LogP contribution in [0.25, 0.3) is 0 Å². The third-order valence-corrected chi connectivity index (χ3v) is 6.82. The smallest absolute Gasteiger partial charge is 0.242 e. The number of carbonyl (C=O) groups excluding carboxylic acids is 2. The van der Waals surface area contributed by atoms with Crippen molar-refractivity contribution in [2.24, 2.45) is 5.92 Å². The number of fused-ring (bicyclic) bond motifs is 1. The second-order valence-corrected chi connectivity index (χ2v) is 9.30. The lowest BCUT2D eigenvalue weighted by molar-refractivity contribution is -0.146. The van der Waals surface area contributed by atoms with Gasteiger partial charge < -0.3 is 14.5 Å². The van der Waals surface area contributed by atoms with Crippen LogP contribution in [-0.4, -0.2) is 47.4 Å². The second-order valence-electron chi connectivity index (χ2n) is 8.30. The largest absolute Gasteiger partial charge is 0.491 e. The molecule has 0 saturated carbocycles. The van der Waals surface area contributed by atoms with Crippen molar-refractivity contribution in [1.29, 1.82) is 0 Å². The van der Waals surface area contributed by atoms with Crippen LogP contribution in [0.5, 0.6) is 5.75 Å². The number of ether oxygens (including phenoxy) is 1. The summed E-state index contributed by atoms with van der Waals surface area (Å²) < 4.78 is 19.4. The maximum Gasteiger partial charge on any atom is 0.242 e. The maximum atomic E-state index is 13.5. The molecule has 168 valence electrons. The van der Waals surface area contributed by atoms with Crippen molar-refractivity contribution in [2.45, 2.75) is 52.6 Å². The third kappa shape index (κ3) is 5.45. The van der Waals surface area contributed by atoms with Crippen LogP contribution in [0.15, 0.2) is 35.7 Å². The van der Waals surface area contributed by atoms with Crippen molar-refractivity contribution >= 4 is 23.2 Å². The first-order chi connectivity index (χ1) is 14.8. The molecule has 1 aromatic carbocycles. The molecule has 0 spiro atoms. The van der Waals surface area contributed by atoms with Gasteiger partial charge in [-0.1, -0.05) is 26.8 Å². The van der Waals surface area contributed by atoms with Crippen molar-refractivity contribution in [3.63, 3.8) is 0 Å². The second kappa shape index (κ2) is 10.3. The highest BCUT2D eigenvalue weighted by molar-refractivity contribution is 7.10. The number of benzene rings is 1. The predicted molar refractivity (Wildman–Crippen MR) is 121 cm³/mol. The van der Waals surface area contributed by atoms with E-state index in [-0.39, 0.29) is 48.8 Å². The van der Waals surface area contributed by atoms with Crippen LogP contribution >= 0.6 is 11.3 Å². The fourth-order valence-electron chi connectivity index (χ4n) is 3.85. The van der Waals surface area contributed by atoms with E-state index in [9.17, 15) is 14.0 Å². The molecule has 1 aromatic heterocycles. The predicted octanol–water partition coefficient (Wildman–Crippen LogP) is 4.68. The quantitative estimate of drug-likeness (QED) is 0.592. The summed E-state index contributed by atoms with van der Waals surface area (Å²) in [5.74, 6) is -0.186. The van der Waals surface area contributed by atoms with E-state index in [1.54, 1.807) is 28.4 Å². The van der Waals surface area contributed by atoms with E-state index in [4.69, 9.17) is 4.74 Å². The Morgan fingerprint density at radius 1 is 1.29 bits per heavy atom. The van der Waals surface area contributed by atoms with Crippen LogP contribution in [0.4, 0.5) is 4.39 Å². The molecule has 2 atom stereocenters. The van der Waals surface area contributed by atoms with Crippen LogP contribution < -0.4 is 4.74 Å². The summed E-state index contributed by atoms with van der Waals surface area (Å²) in [7, 11) is 0. The lowest BCUT2D eigenvalue weighted by atomic mass is 10.00. The Labute approximate surface area is 187 Å². The summed E-state index contributed by atoms with van der Waals surface area (Å²) in [4.78, 5) is 30.9. The molecular weight excluding hydrogens is 415 g/mol. The molecule has 0 aliphatic carbocycles. The zero-order valence-corrected chi connectivity index (χ0v) is 19.5. The number of halogens is 1. The number of thiophene rings is 1. The molecule has 31 heavy (non-hydrogen) atoms. The molecule has 0 unspecified atom stereocenters. The van der Waals surface area contributed by atoms with Gasteiger partial charge in [0.1, 0.15) is 24.7 Å². The minimum Gasteiger partial charge on any atom is -0.491 e. The van der Waals surface area contributed by atoms with E-state index < -0.39 is 0 Å². The Hall–Kier alpha value is -2.41. The monoisotopic (exact) mass is 446 g/mol. The molecule has 0 saturated heterocycles. The van der Waals surface area contributed by atoms with E-state index in [1.165, 1.54) is 17.0 Å². The van der Waals surface area contributed by atoms with Crippen LogP contribution in [-0.2, 0) is 16.0 Å². The van der Waals surface area contributed by atoms with Gasteiger partial charge in [-0.25, -0.2) is 4.39 Å². The Morgan fingerprint density at radius 2 is 2.06 bits per heavy atom. The summed E-state index contributed by atoms with van der Waals surface area (Å²) in [6.07, 6.45) is 1.57. The van der Waals surface area contributed by atoms with E-state index in [0.29, 0.717) is 12.3 Å². The molecule has 7 heteroatoms. The maximum absolute atomic E-state index is 13.5. The highest BCUT2D eigenvalue weighted by Crippen LogP contribution is 2.34. The van der Waals surface area contributed by atoms with Crippen molar-refractivity contribution in [3.8, 4) is 5.75 Å². The zero-order valence-electron chi connectivity index (χ0n) is 18.6. The first kappa shape index (κ1) is 23.3. The molecule has 2 aromatic rings. The van der Waals surface area contributed by atoms with Gasteiger partial charge in [-0.05, 0) is 48.9 Å². The van der Waals surface area contributed by atoms with E-state index in [1.807, 2.05) is 44.0 Å². The van der Waals surface area contributed by atoms with E-state index in [0.717, 1.165) is 18.4 Å². The van der Waals surface area contributed by atoms with Crippen LogP contribution in [0.1, 0.15) is 50.6 Å². The minimum atomic E-state index is -0.360. The van der Waals surface area contributed by atoms with Crippen molar-refractivity contribution < 1.29 is 18.7 Å². The van der Waals surface area contributed by atoms with Gasteiger partial charge in [0, 0.05) is 29.4 Å². The topological polar surface area (TPSA) is 49.9 Å². The number of hydrogen-bond acceptors (Lipinski definition) is 4. The Balaban J connectivity index is 1.80. The Morgan fingerprint density at radius 3 is 2.74 bits per heavy atom. The summed E-state index contributed by atoms with van der Waals surface area (Å²) >= 11 is 1.68. The zero-order chi connectivity index (χ0) is 22.5. The van der Waals surface area contributed by atoms with Gasteiger partial charge in [0.05, 0.1) is 6.04 Å². The molecular formula is C24H31FN2O3S. The number of nitrogens with zero attached hydrogens (tertiary/aromatic N) is 2. The van der Waals surface area contributed by atoms with E-state index >= 15 is 0 Å². The van der Waals surface area contributed by atoms with Gasteiger partial charge in [-0.15, -0.1) is 11.3 Å². The fraction of sp³-hybridized carbons (Fsp3) is 0.500. The lowest BCUT2D eigenvalue weighted by Gasteiger charge is -2.38. The van der Waals surface area contributed by atoms with Gasteiger partial charge in [-0.2, -0.15) is 0 Å². The fourth-order valence-corrected chi connectivity index (χ4v) is 4.77. The van der Waals surface area contributed by atoms with Crippen molar-refractivity contribution in [3.05, 3.63) is 52.0 Å². The van der Waals surface area contributed by atoms with Crippen molar-refractivity contribution in [2.75, 3.05) is 19.7 Å². The average Bonchev–Trinajstić information content (AvgIpc) is 3.23. The van der Waals surface area contributed by atoms with Gasteiger partial charge in [-0.3, -0.25) is 9.59 Å². The van der Waals surface area contributed by atoms with Gasteiger partial charge >= 0.3 is 0 Å². The summed E-state index contributed by atoms with van der Waals surface area (Å²) in [5.41, 5.74) is 1.08. The highest BCUT2D eigenvalue weighted by Gasteiger charge is 2.34. The average molecular weight is 447 g/mol. The molecule has 2 heterocycles. The molecule has 0 fully saturated rings. The number of rotatable bonds is 8. The number of hydrogen-bond donors (Lipinski definition) is 0. The van der Waals surface area contributed by atoms with Crippen LogP contribution in [0, 0.1) is 11.7 Å². The summed E-state index contributed by atoms with van der Waals surface area (Å²) in [6.45, 7) is 8.58. The normalized spacial score (nSPS) is 16.7. The van der Waals surface area contributed by atoms with Crippen LogP contribution in [0.3, 0.4) is 0 Å². The summed E-state index contributed by atoms with van der Waals surface area (Å²) in [6, 6.07) is 7.78. The molecule has 1 aliphatic rings. The highest BCUT2D eigenvalue weighted by atomic mass is 32.1. The Kier molecular flexibility index (Phi) is 7.70. The number of carbonyl (C=O) groups is 2. The Bertz CT molecular complexity index is 914. The van der Waals surface area contributed by atoms with Crippen molar-refractivity contribution in [1.82, 2.24) is 9.80 Å². The summed E-state index contributed by atoms with van der Waals surface area (Å²) in [5, 5.41) is 2.03. The molecule has 5 nitrogen and oxygen atoms in total.